The molecule has 0 spiro atoms. The number of Topliss-reactive ketones (excluding diaryl/α,β-unsaturated/α-hetero) is 1. The second-order valence-corrected chi connectivity index (χ2v) is 5.38. The Hall–Kier alpha value is -1.68. The number of aryl methyl sites for hydroxylation is 2. The molecule has 2 aromatic rings. The third-order valence-corrected chi connectivity index (χ3v) is 4.02. The van der Waals surface area contributed by atoms with Crippen molar-refractivity contribution < 1.29 is 4.79 Å². The average Bonchev–Trinajstić information content (AvgIpc) is 2.81. The van der Waals surface area contributed by atoms with Gasteiger partial charge < -0.3 is 4.57 Å². The summed E-state index contributed by atoms with van der Waals surface area (Å²) >= 11 is 1.50. The van der Waals surface area contributed by atoms with Crippen molar-refractivity contribution in [2.45, 2.75) is 26.8 Å². The Morgan fingerprint density at radius 1 is 1.33 bits per heavy atom. The van der Waals surface area contributed by atoms with E-state index in [-0.39, 0.29) is 17.9 Å². The van der Waals surface area contributed by atoms with Gasteiger partial charge in [-0.25, -0.2) is 0 Å². The van der Waals surface area contributed by atoms with Crippen LogP contribution < -0.4 is 5.56 Å². The van der Waals surface area contributed by atoms with Gasteiger partial charge in [0, 0.05) is 17.1 Å². The third-order valence-electron chi connectivity index (χ3n) is 2.75. The molecule has 0 unspecified atom stereocenters. The first-order valence-electron chi connectivity index (χ1n) is 5.89. The summed E-state index contributed by atoms with van der Waals surface area (Å²) < 4.78 is 1.45. The first-order valence-corrected chi connectivity index (χ1v) is 6.71. The van der Waals surface area contributed by atoms with Gasteiger partial charge in [0.15, 0.2) is 5.78 Å². The van der Waals surface area contributed by atoms with Gasteiger partial charge in [-0.1, -0.05) is 6.92 Å². The van der Waals surface area contributed by atoms with Crippen molar-refractivity contribution in [2.24, 2.45) is 0 Å². The number of ketones is 1. The van der Waals surface area contributed by atoms with Crippen LogP contribution in [0, 0.1) is 6.92 Å². The molecule has 0 atom stereocenters. The number of nitrogens with zero attached hydrogens (tertiary/aromatic N) is 1. The summed E-state index contributed by atoms with van der Waals surface area (Å²) in [6, 6.07) is 7.18. The molecular formula is C14H15NO2S. The molecule has 0 N–H and O–H groups in total. The Labute approximate surface area is 110 Å². The van der Waals surface area contributed by atoms with E-state index < -0.39 is 0 Å². The van der Waals surface area contributed by atoms with E-state index in [0.717, 1.165) is 16.9 Å². The zero-order valence-corrected chi connectivity index (χ0v) is 11.3. The van der Waals surface area contributed by atoms with Crippen LogP contribution >= 0.6 is 11.3 Å². The van der Waals surface area contributed by atoms with Gasteiger partial charge in [0.1, 0.15) is 0 Å². The summed E-state index contributed by atoms with van der Waals surface area (Å²) in [5, 5.41) is 0. The summed E-state index contributed by atoms with van der Waals surface area (Å²) in [6.45, 7) is 4.04. The maximum absolute atomic E-state index is 12.0. The highest BCUT2D eigenvalue weighted by molar-refractivity contribution is 7.14. The van der Waals surface area contributed by atoms with E-state index in [9.17, 15) is 9.59 Å². The SMILES string of the molecule is CCc1ccc(C(=O)Cn2ccc(C)cc2=O)s1. The monoisotopic (exact) mass is 261 g/mol. The van der Waals surface area contributed by atoms with E-state index in [1.54, 1.807) is 12.3 Å². The normalized spacial score (nSPS) is 10.6. The minimum absolute atomic E-state index is 0.00865. The van der Waals surface area contributed by atoms with Gasteiger partial charge in [-0.2, -0.15) is 0 Å². The quantitative estimate of drug-likeness (QED) is 0.794. The molecule has 2 heterocycles. The van der Waals surface area contributed by atoms with Crippen molar-refractivity contribution in [3.63, 3.8) is 0 Å². The molecule has 2 aromatic heterocycles. The summed E-state index contributed by atoms with van der Waals surface area (Å²) in [7, 11) is 0. The van der Waals surface area contributed by atoms with Crippen molar-refractivity contribution in [1.82, 2.24) is 4.57 Å². The van der Waals surface area contributed by atoms with Crippen molar-refractivity contribution >= 4 is 17.1 Å². The largest absolute Gasteiger partial charge is 0.308 e. The maximum Gasteiger partial charge on any atom is 0.251 e. The number of rotatable bonds is 4. The highest BCUT2D eigenvalue weighted by atomic mass is 32.1. The van der Waals surface area contributed by atoms with Crippen molar-refractivity contribution in [3.05, 3.63) is 56.1 Å². The van der Waals surface area contributed by atoms with Gasteiger partial charge in [-0.3, -0.25) is 9.59 Å². The van der Waals surface area contributed by atoms with Crippen LogP contribution in [0.15, 0.2) is 35.3 Å². The predicted molar refractivity (Wildman–Crippen MR) is 73.5 cm³/mol. The van der Waals surface area contributed by atoms with Crippen molar-refractivity contribution in [3.8, 4) is 0 Å². The van der Waals surface area contributed by atoms with Gasteiger partial charge in [0.05, 0.1) is 11.4 Å². The summed E-state index contributed by atoms with van der Waals surface area (Å²) in [4.78, 5) is 25.6. The number of aromatic nitrogens is 1. The van der Waals surface area contributed by atoms with Crippen LogP contribution in [-0.2, 0) is 13.0 Å². The summed E-state index contributed by atoms with van der Waals surface area (Å²) in [5.41, 5.74) is 0.781. The van der Waals surface area contributed by atoms with E-state index in [4.69, 9.17) is 0 Å². The lowest BCUT2D eigenvalue weighted by molar-refractivity contribution is 0.0975. The van der Waals surface area contributed by atoms with Crippen LogP contribution in [0.4, 0.5) is 0 Å². The fourth-order valence-electron chi connectivity index (χ4n) is 1.69. The molecule has 18 heavy (non-hydrogen) atoms. The van der Waals surface area contributed by atoms with E-state index in [1.807, 2.05) is 25.1 Å². The molecule has 0 saturated heterocycles. The van der Waals surface area contributed by atoms with Gasteiger partial charge in [-0.05, 0) is 37.1 Å². The molecule has 0 fully saturated rings. The van der Waals surface area contributed by atoms with E-state index >= 15 is 0 Å². The number of hydrogen-bond donors (Lipinski definition) is 0. The first kappa shape index (κ1) is 12.8. The van der Waals surface area contributed by atoms with Crippen LogP contribution in [0.25, 0.3) is 0 Å². The molecule has 0 radical (unpaired) electrons. The molecule has 0 bridgehead atoms. The molecule has 2 rings (SSSR count). The van der Waals surface area contributed by atoms with Crippen LogP contribution in [0.2, 0.25) is 0 Å². The zero-order chi connectivity index (χ0) is 13.1. The molecule has 3 nitrogen and oxygen atoms in total. The topological polar surface area (TPSA) is 39.1 Å². The number of hydrogen-bond acceptors (Lipinski definition) is 3. The lowest BCUT2D eigenvalue weighted by Crippen LogP contribution is -2.22. The number of pyridine rings is 1. The number of carbonyl (C=O) groups is 1. The van der Waals surface area contributed by atoms with Gasteiger partial charge in [0.2, 0.25) is 0 Å². The maximum atomic E-state index is 12.0. The lowest BCUT2D eigenvalue weighted by atomic mass is 10.2. The fourth-order valence-corrected chi connectivity index (χ4v) is 2.57. The summed E-state index contributed by atoms with van der Waals surface area (Å²) in [6.07, 6.45) is 2.60. The molecule has 0 aromatic carbocycles. The smallest absolute Gasteiger partial charge is 0.251 e. The van der Waals surface area contributed by atoms with E-state index in [0.29, 0.717) is 0 Å². The van der Waals surface area contributed by atoms with Crippen LogP contribution in [0.5, 0.6) is 0 Å². The third kappa shape index (κ3) is 2.76. The Bertz CT molecular complexity index is 625. The van der Waals surface area contributed by atoms with Crippen molar-refractivity contribution in [1.29, 1.82) is 0 Å². The number of carbonyl (C=O) groups excluding carboxylic acids is 1. The van der Waals surface area contributed by atoms with Crippen LogP contribution in [0.1, 0.15) is 27.0 Å². The first-order chi connectivity index (χ1) is 8.60. The second-order valence-electron chi connectivity index (χ2n) is 4.21. The molecule has 0 saturated carbocycles. The van der Waals surface area contributed by atoms with Gasteiger partial charge in [-0.15, -0.1) is 11.3 Å². The lowest BCUT2D eigenvalue weighted by Gasteiger charge is -2.03. The number of thiophene rings is 1. The molecule has 4 heteroatoms. The van der Waals surface area contributed by atoms with Gasteiger partial charge >= 0.3 is 0 Å². The van der Waals surface area contributed by atoms with Crippen molar-refractivity contribution in [2.75, 3.05) is 0 Å². The predicted octanol–water partition coefficient (Wildman–Crippen LogP) is 2.66. The molecule has 0 aliphatic rings. The molecule has 94 valence electrons. The highest BCUT2D eigenvalue weighted by Crippen LogP contribution is 2.17. The molecular weight excluding hydrogens is 246 g/mol. The summed E-state index contributed by atoms with van der Waals surface area (Å²) in [5.74, 6) is -0.00865. The average molecular weight is 261 g/mol. The van der Waals surface area contributed by atoms with E-state index in [2.05, 4.69) is 6.92 Å². The highest BCUT2D eigenvalue weighted by Gasteiger charge is 2.10. The second kappa shape index (κ2) is 5.31. The minimum atomic E-state index is -0.129. The minimum Gasteiger partial charge on any atom is -0.308 e. The Morgan fingerprint density at radius 2 is 2.11 bits per heavy atom. The standard InChI is InChI=1S/C14H15NO2S/c1-3-11-4-5-13(18-11)12(16)9-15-7-6-10(2)8-14(15)17/h4-8H,3,9H2,1-2H3. The van der Waals surface area contributed by atoms with Crippen LogP contribution in [-0.4, -0.2) is 10.4 Å². The van der Waals surface area contributed by atoms with E-state index in [1.165, 1.54) is 20.8 Å². The zero-order valence-electron chi connectivity index (χ0n) is 10.5. The molecule has 0 amide bonds. The Morgan fingerprint density at radius 3 is 2.72 bits per heavy atom. The Kier molecular flexibility index (Phi) is 3.77. The Balaban J connectivity index is 2.18. The van der Waals surface area contributed by atoms with Gasteiger partial charge in [0.25, 0.3) is 5.56 Å². The fraction of sp³-hybridized carbons (Fsp3) is 0.286. The molecule has 0 aliphatic heterocycles. The van der Waals surface area contributed by atoms with Crippen LogP contribution in [0.3, 0.4) is 0 Å². The molecule has 0 aliphatic carbocycles.